The van der Waals surface area contributed by atoms with E-state index < -0.39 is 12.1 Å². The van der Waals surface area contributed by atoms with Gasteiger partial charge in [0.2, 0.25) is 5.91 Å². The number of likely N-dealkylation sites (tertiary alicyclic amines) is 1. The number of fused-ring (bicyclic) bond motifs is 2. The third kappa shape index (κ3) is 5.83. The van der Waals surface area contributed by atoms with Crippen LogP contribution in [0.3, 0.4) is 0 Å². The van der Waals surface area contributed by atoms with Gasteiger partial charge in [0.05, 0.1) is 19.1 Å². The van der Waals surface area contributed by atoms with Gasteiger partial charge in [-0.3, -0.25) is 9.69 Å². The molecule has 1 N–H and O–H groups in total. The third-order valence-corrected chi connectivity index (χ3v) is 7.07. The molecule has 0 bridgehead atoms. The number of methoxy groups -OCH3 is 1. The highest BCUT2D eigenvalue weighted by Crippen LogP contribution is 2.48. The average Bonchev–Trinajstić information content (AvgIpc) is 3.14. The molecule has 3 aromatic rings. The number of piperidine rings is 1. The first-order valence-corrected chi connectivity index (χ1v) is 12.2. The molecule has 2 aliphatic heterocycles. The summed E-state index contributed by atoms with van der Waals surface area (Å²) in [6.07, 6.45) is -3.35. The molecule has 1 amide bonds. The Morgan fingerprint density at radius 1 is 0.895 bits per heavy atom. The van der Waals surface area contributed by atoms with Gasteiger partial charge in [0.15, 0.2) is 0 Å². The van der Waals surface area contributed by atoms with E-state index >= 15 is 0 Å². The van der Waals surface area contributed by atoms with Crippen molar-refractivity contribution in [2.24, 2.45) is 0 Å². The summed E-state index contributed by atoms with van der Waals surface area (Å²) in [6, 6.07) is 26.9. The number of carbonyl (C=O) groups excluding carboxylic acids is 1. The van der Waals surface area contributed by atoms with Crippen LogP contribution in [0.25, 0.3) is 0 Å². The summed E-state index contributed by atoms with van der Waals surface area (Å²) in [6.45, 7) is 3.38. The molecular weight excluding hydrogens is 497 g/mol. The Morgan fingerprint density at radius 2 is 1.45 bits per heavy atom. The zero-order chi connectivity index (χ0) is 27.3. The minimum atomic E-state index is -5.08. The first kappa shape index (κ1) is 27.2. The van der Waals surface area contributed by atoms with Crippen molar-refractivity contribution in [3.63, 3.8) is 0 Å². The second-order valence-corrected chi connectivity index (χ2v) is 9.40. The molecule has 2 heterocycles. The quantitative estimate of drug-likeness (QED) is 0.482. The minimum Gasteiger partial charge on any atom is -0.497 e. The summed E-state index contributed by atoms with van der Waals surface area (Å²) in [5, 5.41) is 7.12. The lowest BCUT2D eigenvalue weighted by atomic mass is 9.73. The van der Waals surface area contributed by atoms with Crippen LogP contribution in [0.5, 0.6) is 5.75 Å². The standard InChI is InChI=1S/C27H28N2O2.C2HF3O2/c1-31-23-13-11-22(12-14-23)19-28-17-15-27(16-18-28)24-9-5-6-10-25(24)29(26(27)30)20-21-7-3-2-4-8-21;3-2(4,5)1(6)7/h2-14H,15-20H2,1H3;(H,6,7). The number of aliphatic carboxylic acids is 1. The van der Waals surface area contributed by atoms with E-state index in [4.69, 9.17) is 14.6 Å². The number of alkyl halides is 3. The second-order valence-electron chi connectivity index (χ2n) is 9.40. The van der Waals surface area contributed by atoms with Gasteiger partial charge in [-0.15, -0.1) is 0 Å². The van der Waals surface area contributed by atoms with Crippen molar-refractivity contribution in [1.29, 1.82) is 0 Å². The van der Waals surface area contributed by atoms with E-state index in [0.29, 0.717) is 6.54 Å². The van der Waals surface area contributed by atoms with Crippen LogP contribution in [-0.2, 0) is 28.1 Å². The minimum absolute atomic E-state index is 0.265. The number of carbonyl (C=O) groups is 2. The van der Waals surface area contributed by atoms with Crippen molar-refractivity contribution >= 4 is 17.6 Å². The number of anilines is 1. The number of carboxylic acid groups (broad SMARTS) is 1. The SMILES string of the molecule is COc1ccc(CN2CCC3(CC2)C(=O)N(Cc2ccccc2)c2ccccc23)cc1.O=C(O)C(F)(F)F. The Bertz CT molecular complexity index is 1250. The van der Waals surface area contributed by atoms with Crippen molar-refractivity contribution in [1.82, 2.24) is 4.90 Å². The molecule has 2 aliphatic rings. The van der Waals surface area contributed by atoms with Crippen LogP contribution in [0.4, 0.5) is 18.9 Å². The van der Waals surface area contributed by atoms with E-state index in [2.05, 4.69) is 47.4 Å². The maximum absolute atomic E-state index is 13.8. The second kappa shape index (κ2) is 11.3. The number of amides is 1. The molecule has 0 atom stereocenters. The number of carboxylic acids is 1. The number of benzene rings is 3. The van der Waals surface area contributed by atoms with E-state index in [1.54, 1.807) is 7.11 Å². The van der Waals surface area contributed by atoms with Gasteiger partial charge in [0, 0.05) is 12.2 Å². The topological polar surface area (TPSA) is 70.1 Å². The van der Waals surface area contributed by atoms with Crippen LogP contribution in [0.2, 0.25) is 0 Å². The van der Waals surface area contributed by atoms with Gasteiger partial charge in [-0.25, -0.2) is 4.79 Å². The van der Waals surface area contributed by atoms with Crippen molar-refractivity contribution in [3.05, 3.63) is 95.6 Å². The van der Waals surface area contributed by atoms with Gasteiger partial charge in [0.1, 0.15) is 5.75 Å². The fraction of sp³-hybridized carbons (Fsp3) is 0.310. The van der Waals surface area contributed by atoms with Crippen LogP contribution in [0, 0.1) is 0 Å². The molecule has 3 aromatic carbocycles. The molecule has 0 saturated carbocycles. The monoisotopic (exact) mass is 526 g/mol. The van der Waals surface area contributed by atoms with E-state index in [1.165, 1.54) is 16.7 Å². The van der Waals surface area contributed by atoms with Crippen LogP contribution in [-0.4, -0.2) is 48.3 Å². The van der Waals surface area contributed by atoms with E-state index in [-0.39, 0.29) is 11.3 Å². The first-order chi connectivity index (χ1) is 18.1. The number of halogens is 3. The van der Waals surface area contributed by atoms with E-state index in [1.807, 2.05) is 41.3 Å². The summed E-state index contributed by atoms with van der Waals surface area (Å²) in [5.41, 5.74) is 4.35. The molecule has 0 aromatic heterocycles. The Kier molecular flexibility index (Phi) is 8.06. The maximum atomic E-state index is 13.8. The summed E-state index contributed by atoms with van der Waals surface area (Å²) in [5.74, 6) is -1.61. The zero-order valence-electron chi connectivity index (χ0n) is 20.9. The maximum Gasteiger partial charge on any atom is 0.490 e. The predicted octanol–water partition coefficient (Wildman–Crippen LogP) is 5.41. The lowest BCUT2D eigenvalue weighted by Gasteiger charge is -2.38. The van der Waals surface area contributed by atoms with Crippen LogP contribution in [0.1, 0.15) is 29.5 Å². The van der Waals surface area contributed by atoms with E-state index in [9.17, 15) is 18.0 Å². The number of nitrogens with zero attached hydrogens (tertiary/aromatic N) is 2. The summed E-state index contributed by atoms with van der Waals surface area (Å²) < 4.78 is 37.0. The van der Waals surface area contributed by atoms with Gasteiger partial charge in [-0.2, -0.15) is 13.2 Å². The molecule has 38 heavy (non-hydrogen) atoms. The molecule has 1 fully saturated rings. The van der Waals surface area contributed by atoms with Gasteiger partial charge in [0.25, 0.3) is 0 Å². The molecule has 0 radical (unpaired) electrons. The molecule has 1 spiro atoms. The molecule has 0 unspecified atom stereocenters. The van der Waals surface area contributed by atoms with Crippen molar-refractivity contribution in [2.75, 3.05) is 25.1 Å². The molecule has 9 heteroatoms. The molecule has 200 valence electrons. The Morgan fingerprint density at radius 3 is 2.03 bits per heavy atom. The summed E-state index contributed by atoms with van der Waals surface area (Å²) >= 11 is 0. The Labute approximate surface area is 219 Å². The largest absolute Gasteiger partial charge is 0.497 e. The van der Waals surface area contributed by atoms with Crippen molar-refractivity contribution in [3.8, 4) is 5.75 Å². The number of hydrogen-bond donors (Lipinski definition) is 1. The highest BCUT2D eigenvalue weighted by molar-refractivity contribution is 6.08. The zero-order valence-corrected chi connectivity index (χ0v) is 20.9. The van der Waals surface area contributed by atoms with Gasteiger partial charge >= 0.3 is 12.1 Å². The highest BCUT2D eigenvalue weighted by atomic mass is 19.4. The number of para-hydroxylation sites is 1. The van der Waals surface area contributed by atoms with Gasteiger partial charge in [-0.1, -0.05) is 60.7 Å². The normalized spacial score (nSPS) is 16.5. The molecule has 6 nitrogen and oxygen atoms in total. The lowest BCUT2D eigenvalue weighted by Crippen LogP contribution is -2.48. The lowest BCUT2D eigenvalue weighted by molar-refractivity contribution is -0.192. The fourth-order valence-electron chi connectivity index (χ4n) is 5.08. The summed E-state index contributed by atoms with van der Waals surface area (Å²) in [4.78, 5) is 27.1. The Balaban J connectivity index is 0.000000426. The fourth-order valence-corrected chi connectivity index (χ4v) is 5.08. The van der Waals surface area contributed by atoms with Crippen LogP contribution in [0.15, 0.2) is 78.9 Å². The number of ether oxygens (including phenoxy) is 1. The molecular formula is C29H29F3N2O4. The van der Waals surface area contributed by atoms with Gasteiger partial charge < -0.3 is 14.7 Å². The highest BCUT2D eigenvalue weighted by Gasteiger charge is 2.51. The predicted molar refractivity (Wildman–Crippen MR) is 137 cm³/mol. The molecule has 5 rings (SSSR count). The van der Waals surface area contributed by atoms with Crippen LogP contribution >= 0.6 is 0 Å². The molecule has 0 aliphatic carbocycles. The average molecular weight is 527 g/mol. The van der Waals surface area contributed by atoms with Crippen LogP contribution < -0.4 is 9.64 Å². The van der Waals surface area contributed by atoms with Crippen molar-refractivity contribution < 1.29 is 32.6 Å². The Hall–Kier alpha value is -3.85. The van der Waals surface area contributed by atoms with Crippen molar-refractivity contribution in [2.45, 2.75) is 37.5 Å². The first-order valence-electron chi connectivity index (χ1n) is 12.2. The molecule has 1 saturated heterocycles. The smallest absolute Gasteiger partial charge is 0.490 e. The number of rotatable bonds is 5. The van der Waals surface area contributed by atoms with Gasteiger partial charge in [-0.05, 0) is 60.8 Å². The summed E-state index contributed by atoms with van der Waals surface area (Å²) in [7, 11) is 1.69. The third-order valence-electron chi connectivity index (χ3n) is 7.07. The number of hydrogen-bond acceptors (Lipinski definition) is 4. The van der Waals surface area contributed by atoms with E-state index in [0.717, 1.165) is 43.9 Å².